The molecule has 0 saturated heterocycles. The van der Waals surface area contributed by atoms with Gasteiger partial charge in [-0.2, -0.15) is 0 Å². The summed E-state index contributed by atoms with van der Waals surface area (Å²) in [5.41, 5.74) is 5.99. The van der Waals surface area contributed by atoms with Crippen molar-refractivity contribution in [3.8, 4) is 0 Å². The maximum absolute atomic E-state index is 11.7. The van der Waals surface area contributed by atoms with Crippen molar-refractivity contribution in [2.24, 2.45) is 10.7 Å². The monoisotopic (exact) mass is 222 g/mol. The van der Waals surface area contributed by atoms with Crippen LogP contribution in [0.15, 0.2) is 16.8 Å². The Bertz CT molecular complexity index is 267. The molecule has 0 aromatic heterocycles. The van der Waals surface area contributed by atoms with Crippen LogP contribution in [-0.4, -0.2) is 24.7 Å². The van der Waals surface area contributed by atoms with E-state index in [9.17, 15) is 13.2 Å². The first kappa shape index (κ1) is 12.0. The molecule has 15 heavy (non-hydrogen) atoms. The largest absolute Gasteiger partial charge is 0.522 e. The first-order valence-corrected chi connectivity index (χ1v) is 4.57. The summed E-state index contributed by atoms with van der Waals surface area (Å²) < 4.78 is 39.0. The van der Waals surface area contributed by atoms with Crippen LogP contribution in [0.5, 0.6) is 0 Å². The lowest BCUT2D eigenvalue weighted by Crippen LogP contribution is -2.38. The number of hydrogen-bond acceptors (Lipinski definition) is 3. The molecule has 2 N–H and O–H groups in total. The second-order valence-corrected chi connectivity index (χ2v) is 3.50. The predicted octanol–water partition coefficient (Wildman–Crippen LogP) is 1.99. The van der Waals surface area contributed by atoms with Gasteiger partial charge in [-0.1, -0.05) is 0 Å². The molecule has 0 amide bonds. The van der Waals surface area contributed by atoms with Gasteiger partial charge in [-0.05, 0) is 31.5 Å². The highest BCUT2D eigenvalue weighted by molar-refractivity contribution is 5.77. The molecule has 0 aliphatic heterocycles. The third-order valence-electron chi connectivity index (χ3n) is 2.12. The van der Waals surface area contributed by atoms with Gasteiger partial charge in [0.1, 0.15) is 0 Å². The quantitative estimate of drug-likeness (QED) is 0.742. The summed E-state index contributed by atoms with van der Waals surface area (Å²) in [4.78, 5) is 4.06. The van der Waals surface area contributed by atoms with Crippen LogP contribution in [0.4, 0.5) is 13.2 Å². The van der Waals surface area contributed by atoms with Crippen LogP contribution >= 0.6 is 0 Å². The summed E-state index contributed by atoms with van der Waals surface area (Å²) in [5, 5.41) is 0. The van der Waals surface area contributed by atoms with Gasteiger partial charge >= 0.3 is 6.36 Å². The van der Waals surface area contributed by atoms with Crippen LogP contribution < -0.4 is 5.73 Å². The Labute approximate surface area is 85.8 Å². The molecule has 0 heterocycles. The fraction of sp³-hybridized carbons (Fsp3) is 0.667. The summed E-state index contributed by atoms with van der Waals surface area (Å²) in [6, 6.07) is -0.0766. The predicted molar refractivity (Wildman–Crippen MR) is 50.4 cm³/mol. The standard InChI is InChI=1S/C9H13F3N2O/c1-6(4-13)5-14-7-2-8(3-7)15-9(10,11)12/h4-5,7-8H,2-3,13H2,1H3. The Morgan fingerprint density at radius 3 is 2.53 bits per heavy atom. The maximum atomic E-state index is 11.7. The number of ether oxygens (including phenoxy) is 1. The van der Waals surface area contributed by atoms with E-state index in [0.29, 0.717) is 12.8 Å². The van der Waals surface area contributed by atoms with Crippen LogP contribution in [0.3, 0.4) is 0 Å². The third kappa shape index (κ3) is 4.33. The van der Waals surface area contributed by atoms with Gasteiger partial charge in [0.15, 0.2) is 0 Å². The number of nitrogens with two attached hydrogens (primary N) is 1. The topological polar surface area (TPSA) is 47.6 Å². The summed E-state index contributed by atoms with van der Waals surface area (Å²) in [6.45, 7) is 1.77. The number of halogens is 3. The van der Waals surface area contributed by atoms with E-state index < -0.39 is 12.5 Å². The number of alkyl halides is 3. The molecule has 0 atom stereocenters. The molecule has 1 rings (SSSR count). The smallest absolute Gasteiger partial charge is 0.404 e. The molecule has 1 aliphatic carbocycles. The molecule has 6 heteroatoms. The zero-order chi connectivity index (χ0) is 11.5. The van der Waals surface area contributed by atoms with E-state index in [4.69, 9.17) is 5.73 Å². The van der Waals surface area contributed by atoms with E-state index in [-0.39, 0.29) is 6.04 Å². The lowest BCUT2D eigenvalue weighted by atomic mass is 9.90. The average Bonchev–Trinajstić information content (AvgIpc) is 2.06. The van der Waals surface area contributed by atoms with Gasteiger partial charge in [-0.25, -0.2) is 0 Å². The zero-order valence-electron chi connectivity index (χ0n) is 8.29. The van der Waals surface area contributed by atoms with Gasteiger partial charge in [-0.3, -0.25) is 9.73 Å². The van der Waals surface area contributed by atoms with Gasteiger partial charge in [0.2, 0.25) is 0 Å². The van der Waals surface area contributed by atoms with Crippen molar-refractivity contribution in [3.05, 3.63) is 11.8 Å². The highest BCUT2D eigenvalue weighted by atomic mass is 19.4. The Balaban J connectivity index is 2.24. The molecule has 1 fully saturated rings. The molecule has 86 valence electrons. The lowest BCUT2D eigenvalue weighted by Gasteiger charge is -2.32. The number of hydrogen-bond donors (Lipinski definition) is 1. The van der Waals surface area contributed by atoms with Crippen molar-refractivity contribution in [2.45, 2.75) is 38.3 Å². The summed E-state index contributed by atoms with van der Waals surface area (Å²) >= 11 is 0. The van der Waals surface area contributed by atoms with Crippen molar-refractivity contribution < 1.29 is 17.9 Å². The molecule has 0 spiro atoms. The van der Waals surface area contributed by atoms with Gasteiger partial charge < -0.3 is 5.73 Å². The molecule has 1 aliphatic rings. The van der Waals surface area contributed by atoms with E-state index in [0.717, 1.165) is 5.57 Å². The summed E-state index contributed by atoms with van der Waals surface area (Å²) in [5.74, 6) is 0. The zero-order valence-corrected chi connectivity index (χ0v) is 8.29. The van der Waals surface area contributed by atoms with Crippen LogP contribution in [-0.2, 0) is 4.74 Å². The average molecular weight is 222 g/mol. The van der Waals surface area contributed by atoms with Crippen LogP contribution in [0.2, 0.25) is 0 Å². The van der Waals surface area contributed by atoms with Gasteiger partial charge in [0.25, 0.3) is 0 Å². The highest BCUT2D eigenvalue weighted by Crippen LogP contribution is 2.31. The fourth-order valence-electron chi connectivity index (χ4n) is 1.21. The van der Waals surface area contributed by atoms with E-state index in [1.54, 1.807) is 13.1 Å². The van der Waals surface area contributed by atoms with Gasteiger partial charge in [0, 0.05) is 6.21 Å². The Morgan fingerprint density at radius 2 is 2.07 bits per heavy atom. The number of rotatable bonds is 3. The minimum Gasteiger partial charge on any atom is -0.404 e. The summed E-state index contributed by atoms with van der Waals surface area (Å²) in [7, 11) is 0. The van der Waals surface area contributed by atoms with E-state index in [2.05, 4.69) is 9.73 Å². The second kappa shape index (κ2) is 4.65. The normalized spacial score (nSPS) is 28.1. The van der Waals surface area contributed by atoms with E-state index in [1.165, 1.54) is 6.20 Å². The van der Waals surface area contributed by atoms with Crippen molar-refractivity contribution in [2.75, 3.05) is 0 Å². The number of aliphatic imine (C=N–C) groups is 1. The lowest BCUT2D eigenvalue weighted by molar-refractivity contribution is -0.351. The van der Waals surface area contributed by atoms with Gasteiger partial charge in [-0.15, -0.1) is 13.2 Å². The fourth-order valence-corrected chi connectivity index (χ4v) is 1.21. The number of allylic oxidation sites excluding steroid dienone is 1. The first-order chi connectivity index (χ1) is 6.90. The van der Waals surface area contributed by atoms with Crippen molar-refractivity contribution in [1.29, 1.82) is 0 Å². The van der Waals surface area contributed by atoms with Crippen LogP contribution in [0, 0.1) is 0 Å². The Hall–Kier alpha value is -1.04. The molecule has 0 radical (unpaired) electrons. The Morgan fingerprint density at radius 1 is 1.47 bits per heavy atom. The summed E-state index contributed by atoms with van der Waals surface area (Å²) in [6.07, 6.45) is -1.69. The molecule has 1 saturated carbocycles. The minimum atomic E-state index is -4.54. The van der Waals surface area contributed by atoms with Crippen molar-refractivity contribution >= 4 is 6.21 Å². The molecule has 0 bridgehead atoms. The van der Waals surface area contributed by atoms with E-state index in [1.807, 2.05) is 0 Å². The molecule has 3 nitrogen and oxygen atoms in total. The first-order valence-electron chi connectivity index (χ1n) is 4.57. The van der Waals surface area contributed by atoms with E-state index >= 15 is 0 Å². The van der Waals surface area contributed by atoms with Crippen LogP contribution in [0.25, 0.3) is 0 Å². The SMILES string of the molecule is CC(C=NC1CC(OC(F)(F)F)C1)=CN. The van der Waals surface area contributed by atoms with Gasteiger partial charge in [0.05, 0.1) is 12.1 Å². The third-order valence-corrected chi connectivity index (χ3v) is 2.12. The van der Waals surface area contributed by atoms with Crippen LogP contribution in [0.1, 0.15) is 19.8 Å². The van der Waals surface area contributed by atoms with Crippen molar-refractivity contribution in [1.82, 2.24) is 0 Å². The molecule has 0 unspecified atom stereocenters. The minimum absolute atomic E-state index is 0.0766. The number of nitrogens with zero attached hydrogens (tertiary/aromatic N) is 1. The molecular weight excluding hydrogens is 209 g/mol. The Kier molecular flexibility index (Phi) is 3.73. The maximum Gasteiger partial charge on any atom is 0.522 e. The second-order valence-electron chi connectivity index (χ2n) is 3.50. The van der Waals surface area contributed by atoms with Crippen molar-refractivity contribution in [3.63, 3.8) is 0 Å². The molecule has 0 aromatic rings. The molecular formula is C9H13F3N2O. The highest BCUT2D eigenvalue weighted by Gasteiger charge is 2.39. The molecule has 0 aromatic carbocycles.